The van der Waals surface area contributed by atoms with Crippen LogP contribution in [0.1, 0.15) is 0 Å². The second-order valence-corrected chi connectivity index (χ2v) is 5.89. The van der Waals surface area contributed by atoms with E-state index in [0.29, 0.717) is 5.69 Å². The Balaban J connectivity index is 0.000000401. The number of anilines is 1. The highest BCUT2D eigenvalue weighted by Crippen LogP contribution is 2.08. The van der Waals surface area contributed by atoms with Gasteiger partial charge in [0.15, 0.2) is 0 Å². The average molecular weight is 371 g/mol. The number of hydrogen-bond donors (Lipinski definition) is 3. The number of para-hydroxylation sites is 1. The van der Waals surface area contributed by atoms with Crippen LogP contribution in [0.25, 0.3) is 5.41 Å². The maximum absolute atomic E-state index is 11.8. The zero-order chi connectivity index (χ0) is 19.4. The Labute approximate surface area is 158 Å². The second kappa shape index (κ2) is 11.7. The number of benzene rings is 1. The van der Waals surface area contributed by atoms with Gasteiger partial charge in [0.2, 0.25) is 0 Å². The van der Waals surface area contributed by atoms with Gasteiger partial charge >= 0.3 is 0 Å². The van der Waals surface area contributed by atoms with Crippen LogP contribution in [0.4, 0.5) is 5.69 Å². The standard InChI is InChI=1S/C13H9N4OS.C5H11NO/c14-7-9(12(16)19)6-10(8-15)13(18)17-11-4-2-1-3-5-11;1-6-2-4-7-5-3-6/h1-6H,(H2,16,19)(H,17,18);2-5H2,1H3/q-1;/p+1/b9-6-;. The van der Waals surface area contributed by atoms with Crippen molar-refractivity contribution < 1.29 is 14.4 Å². The molecule has 0 aromatic heterocycles. The van der Waals surface area contributed by atoms with E-state index < -0.39 is 5.91 Å². The predicted octanol–water partition coefficient (Wildman–Crippen LogP) is 0.0580. The van der Waals surface area contributed by atoms with Crippen LogP contribution in [0.2, 0.25) is 0 Å². The van der Waals surface area contributed by atoms with Crippen molar-refractivity contribution in [1.29, 1.82) is 5.26 Å². The Morgan fingerprint density at radius 2 is 2.00 bits per heavy atom. The van der Waals surface area contributed by atoms with Crippen LogP contribution >= 0.6 is 12.2 Å². The number of morpholine rings is 1. The predicted molar refractivity (Wildman–Crippen MR) is 105 cm³/mol. The summed E-state index contributed by atoms with van der Waals surface area (Å²) in [7, 11) is 2.20. The van der Waals surface area contributed by atoms with E-state index in [-0.39, 0.29) is 16.1 Å². The van der Waals surface area contributed by atoms with Gasteiger partial charge in [-0.25, -0.2) is 0 Å². The molecule has 1 saturated heterocycles. The largest absolute Gasteiger partial charge is 0.763 e. The molecule has 7 nitrogen and oxygen atoms in total. The second-order valence-electron chi connectivity index (χ2n) is 5.45. The molecule has 1 aliphatic heterocycles. The van der Waals surface area contributed by atoms with Crippen LogP contribution in [0.15, 0.2) is 47.6 Å². The van der Waals surface area contributed by atoms with Gasteiger partial charge < -0.3 is 26.1 Å². The first kappa shape index (κ1) is 21.2. The molecule has 0 bridgehead atoms. The smallest absolute Gasteiger partial charge is 0.261 e. The van der Waals surface area contributed by atoms with Crippen LogP contribution in [0.3, 0.4) is 0 Å². The summed E-state index contributed by atoms with van der Waals surface area (Å²) in [5.74, 6) is 1.08. The van der Waals surface area contributed by atoms with Crippen molar-refractivity contribution in [1.82, 2.24) is 0 Å². The van der Waals surface area contributed by atoms with Crippen LogP contribution in [-0.2, 0) is 9.53 Å². The molecular formula is C18H21N5O2S. The van der Waals surface area contributed by atoms with Gasteiger partial charge in [-0.3, -0.25) is 10.7 Å². The summed E-state index contributed by atoms with van der Waals surface area (Å²) >= 11 is 4.63. The Hall–Kier alpha value is -2.82. The molecule has 1 aliphatic rings. The van der Waals surface area contributed by atoms with Crippen molar-refractivity contribution in [2.75, 3.05) is 38.7 Å². The van der Waals surface area contributed by atoms with Crippen LogP contribution < -0.4 is 16.0 Å². The number of quaternary nitrogens is 1. The molecule has 0 unspecified atom stereocenters. The molecule has 1 amide bonds. The number of nitrogens with zero attached hydrogens (tertiary/aromatic N) is 2. The molecule has 26 heavy (non-hydrogen) atoms. The number of nitriles is 1. The molecule has 1 aromatic rings. The molecule has 1 fully saturated rings. The number of likely N-dealkylation sites (N-methyl/N-ethyl adjacent to an activating group) is 1. The number of nitrogens with two attached hydrogens (primary N) is 1. The minimum Gasteiger partial charge on any atom is -0.763 e. The minimum atomic E-state index is -0.627. The normalized spacial score (nSPS) is 14.1. The maximum Gasteiger partial charge on any atom is 0.261 e. The van der Waals surface area contributed by atoms with Gasteiger partial charge in [0, 0.05) is 5.69 Å². The molecule has 1 aromatic carbocycles. The zero-order valence-electron chi connectivity index (χ0n) is 14.5. The first-order chi connectivity index (χ1) is 12.5. The molecular weight excluding hydrogens is 350 g/mol. The van der Waals surface area contributed by atoms with Gasteiger partial charge in [-0.15, -0.1) is 0 Å². The number of carbonyl (C=O) groups is 1. The Morgan fingerprint density at radius 3 is 2.42 bits per heavy atom. The molecule has 0 radical (unpaired) electrons. The van der Waals surface area contributed by atoms with Crippen LogP contribution in [0.5, 0.6) is 0 Å². The molecule has 136 valence electrons. The zero-order valence-corrected chi connectivity index (χ0v) is 15.3. The van der Waals surface area contributed by atoms with E-state index in [1.54, 1.807) is 47.2 Å². The highest BCUT2D eigenvalue weighted by Gasteiger charge is 2.08. The number of thiocarbonyl (C=S) groups is 1. The Kier molecular flexibility index (Phi) is 9.54. The van der Waals surface area contributed by atoms with Crippen molar-refractivity contribution in [3.63, 3.8) is 0 Å². The van der Waals surface area contributed by atoms with E-state index in [4.69, 9.17) is 21.1 Å². The van der Waals surface area contributed by atoms with Gasteiger partial charge in [-0.1, -0.05) is 30.4 Å². The molecule has 0 saturated carbocycles. The third kappa shape index (κ3) is 7.83. The average Bonchev–Trinajstić information content (AvgIpc) is 2.64. The van der Waals surface area contributed by atoms with Gasteiger partial charge in [0.05, 0.1) is 31.4 Å². The van der Waals surface area contributed by atoms with Gasteiger partial charge in [0.1, 0.15) is 24.1 Å². The number of hydrogen-bond acceptors (Lipinski definition) is 4. The lowest BCUT2D eigenvalue weighted by Gasteiger charge is -2.18. The number of carbonyl (C=O) groups excluding carboxylic acids is 1. The summed E-state index contributed by atoms with van der Waals surface area (Å²) in [6.45, 7) is 4.26. The van der Waals surface area contributed by atoms with Crippen molar-refractivity contribution in [2.45, 2.75) is 0 Å². The summed E-state index contributed by atoms with van der Waals surface area (Å²) in [4.78, 5) is 13.2. The topological polar surface area (TPSA) is 115 Å². The lowest BCUT2D eigenvalue weighted by molar-refractivity contribution is -0.888. The maximum atomic E-state index is 11.8. The monoisotopic (exact) mass is 371 g/mol. The van der Waals surface area contributed by atoms with Gasteiger partial charge in [0.25, 0.3) is 5.91 Å². The fourth-order valence-electron chi connectivity index (χ4n) is 1.89. The van der Waals surface area contributed by atoms with Crippen molar-refractivity contribution in [3.05, 3.63) is 53.0 Å². The Morgan fingerprint density at radius 1 is 1.38 bits per heavy atom. The third-order valence-electron chi connectivity index (χ3n) is 3.42. The number of ether oxygens (including phenoxy) is 1. The summed E-state index contributed by atoms with van der Waals surface area (Å²) in [6.07, 6.45) is 1.07. The van der Waals surface area contributed by atoms with E-state index in [0.717, 1.165) is 19.3 Å². The lowest BCUT2D eigenvalue weighted by Crippen LogP contribution is -3.11. The lowest BCUT2D eigenvalue weighted by atomic mass is 10.1. The van der Waals surface area contributed by atoms with Crippen molar-refractivity contribution >= 4 is 34.7 Å². The molecule has 0 spiro atoms. The molecule has 1 heterocycles. The van der Waals surface area contributed by atoms with E-state index in [2.05, 4.69) is 24.6 Å². The molecule has 0 aliphatic carbocycles. The third-order valence-corrected chi connectivity index (χ3v) is 3.64. The minimum absolute atomic E-state index is 0.0882. The number of nitrogens with one attached hydrogen (secondary N) is 2. The SMILES string of the molecule is C[NH+]1CCOCC1.N#C/C(=C/C(=C=[N-])C(=O)Nc1ccccc1)C(N)=S. The van der Waals surface area contributed by atoms with E-state index in [9.17, 15) is 4.79 Å². The summed E-state index contributed by atoms with van der Waals surface area (Å²) in [5, 5.41) is 20.2. The fraction of sp³-hybridized carbons (Fsp3) is 0.278. The summed E-state index contributed by atoms with van der Waals surface area (Å²) in [6, 6.07) is 10.4. The Bertz CT molecular complexity index is 743. The van der Waals surface area contributed by atoms with Crippen molar-refractivity contribution in [3.8, 4) is 6.07 Å². The van der Waals surface area contributed by atoms with Gasteiger partial charge in [-0.2, -0.15) is 5.26 Å². The molecule has 2 rings (SSSR count). The van der Waals surface area contributed by atoms with Crippen molar-refractivity contribution in [2.24, 2.45) is 5.73 Å². The quantitative estimate of drug-likeness (QED) is 0.228. The van der Waals surface area contributed by atoms with E-state index >= 15 is 0 Å². The summed E-state index contributed by atoms with van der Waals surface area (Å²) in [5.41, 5.74) is 5.50. The molecule has 0 atom stereocenters. The summed E-state index contributed by atoms with van der Waals surface area (Å²) < 4.78 is 5.12. The fourth-order valence-corrected chi connectivity index (χ4v) is 2.00. The van der Waals surface area contributed by atoms with Crippen LogP contribution in [-0.4, -0.2) is 50.1 Å². The number of rotatable bonds is 4. The van der Waals surface area contributed by atoms with Crippen LogP contribution in [0, 0.1) is 11.3 Å². The van der Waals surface area contributed by atoms with Gasteiger partial charge in [-0.05, 0) is 18.2 Å². The molecule has 8 heteroatoms. The highest BCUT2D eigenvalue weighted by molar-refractivity contribution is 7.80. The highest BCUT2D eigenvalue weighted by atomic mass is 32.1. The first-order valence-corrected chi connectivity index (χ1v) is 8.32. The van der Waals surface area contributed by atoms with E-state index in [1.165, 1.54) is 13.1 Å². The molecule has 4 N–H and O–H groups in total. The number of amides is 1. The van der Waals surface area contributed by atoms with E-state index in [1.807, 2.05) is 0 Å². The first-order valence-electron chi connectivity index (χ1n) is 7.92.